The molecule has 0 aromatic heterocycles. The highest BCUT2D eigenvalue weighted by Crippen LogP contribution is 2.19. The summed E-state index contributed by atoms with van der Waals surface area (Å²) in [4.78, 5) is 95.1. The molecule has 136 heavy (non-hydrogen) atoms. The van der Waals surface area contributed by atoms with Gasteiger partial charge < -0.3 is 92.7 Å². The fraction of sp³-hybridized carbons (Fsp3) is 0.306. The molecule has 0 spiro atoms. The Balaban J connectivity index is 0. The number of carbonyl (C=O) groups excluding carboxylic acids is 8. The highest BCUT2D eigenvalue weighted by atomic mass is 35.5. The molecule has 0 aliphatic carbocycles. The van der Waals surface area contributed by atoms with Crippen molar-refractivity contribution in [2.75, 3.05) is 52.9 Å². The zero-order chi connectivity index (χ0) is 95.6. The lowest BCUT2D eigenvalue weighted by Gasteiger charge is -2.14. The number of rotatable bonds is 38. The molecular formula is C98H126Cl4N6O26S2. The molecule has 0 aliphatic rings. The number of nitrogens with two attached hydrogens (primary N) is 6. The number of aromatic hydroxyl groups is 4. The van der Waals surface area contributed by atoms with Gasteiger partial charge >= 0.3 is 47.8 Å². The molecule has 32 nitrogen and oxygen atoms in total. The number of halogens is 4. The highest BCUT2D eigenvalue weighted by molar-refractivity contribution is 7.86. The number of phenolic OH excluding ortho intramolecular Hbond substituents is 4. The smallest absolute Gasteiger partial charge is 0.323 e. The quantitative estimate of drug-likeness (QED) is 0.00740. The number of aryl methyl sites for hydroxylation is 2. The van der Waals surface area contributed by atoms with Gasteiger partial charge in [0.1, 0.15) is 112 Å². The molecule has 0 fully saturated rings. The molecule has 10 aromatic carbocycles. The fourth-order valence-electron chi connectivity index (χ4n) is 11.4. The summed E-state index contributed by atoms with van der Waals surface area (Å²) >= 11 is 0. The molecule has 8 atom stereocenters. The molecule has 0 bridgehead atoms. The lowest BCUT2D eigenvalue weighted by Crippen LogP contribution is -2.36. The molecular weight excluding hydrogens is 1880 g/mol. The maximum absolute atomic E-state index is 12.0. The summed E-state index contributed by atoms with van der Waals surface area (Å²) in [6.45, 7) is 6.81. The van der Waals surface area contributed by atoms with Crippen LogP contribution in [0.4, 0.5) is 0 Å². The van der Waals surface area contributed by atoms with Crippen LogP contribution in [0.15, 0.2) is 277 Å². The highest BCUT2D eigenvalue weighted by Gasteiger charge is 2.24. The fourth-order valence-corrected chi connectivity index (χ4v) is 12.3. The van der Waals surface area contributed by atoms with Crippen LogP contribution in [0.1, 0.15) is 84.3 Å². The van der Waals surface area contributed by atoms with Crippen LogP contribution < -0.4 is 34.4 Å². The molecule has 10 aromatic rings. The van der Waals surface area contributed by atoms with Crippen molar-refractivity contribution in [1.82, 2.24) is 0 Å². The summed E-state index contributed by atoms with van der Waals surface area (Å²) < 4.78 is 99.6. The van der Waals surface area contributed by atoms with E-state index in [2.05, 4.69) is 0 Å². The minimum Gasteiger partial charge on any atom is -0.508 e. The Kier molecular flexibility index (Phi) is 63.0. The summed E-state index contributed by atoms with van der Waals surface area (Å²) in [7, 11) is -8.04. The Morgan fingerprint density at radius 1 is 0.243 bits per heavy atom. The van der Waals surface area contributed by atoms with E-state index >= 15 is 0 Å². The summed E-state index contributed by atoms with van der Waals surface area (Å²) in [5.74, 6) is -4.11. The molecule has 10 rings (SSSR count). The Bertz CT molecular complexity index is 4730. The average Bonchev–Trinajstić information content (AvgIpc) is 0.864. The zero-order valence-electron chi connectivity index (χ0n) is 74.1. The zero-order valence-corrected chi connectivity index (χ0v) is 79.0. The standard InChI is InChI=1S/C21H25NO6.C21H25NO4.C20H24N2O6.C20H24N2O4.2C7H8O3S.2CH4.4ClH/c1-14(12-15-2-6-17(23)7-3-15)20(25)27-10-11-28-21(26)19(22)13-16-4-8-18(24)9-5-16;1-16(14-17-8-4-2-5-9-17)20(23)25-12-13-26-21(24)19(22)15-18-10-6-3-7-11-18;21-17(11-13-1-5-15(23)6-2-13)19(25)27-9-10-28-20(26)18(22)12-14-3-7-16(24)8-4-14;21-17(13-15-7-3-1-4-8-15)19(23)25-11-12-26-20(24)18(22)14-16-9-5-2-6-10-16;2*1-6-2-4-7(5-3-6)11(8,9)10;;;;;;/h2-9,14,19,23-24H,10-13,22H2,1H3;2-11,16,19H,12-15,22H2,1H3;1-8,17-18,23-24H,9-12,21-22H2;1-10,17-18H,11-14,21-22H2;2*2-5H,1H3,(H,8,9,10);2*1H4;4*1H. The third-order valence-corrected chi connectivity index (χ3v) is 20.2. The third kappa shape index (κ3) is 52.7. The van der Waals surface area contributed by atoms with E-state index < -0.39 is 98.3 Å². The molecule has 0 saturated heterocycles. The van der Waals surface area contributed by atoms with Gasteiger partial charge in [0.25, 0.3) is 20.2 Å². The van der Waals surface area contributed by atoms with Crippen LogP contribution in [0.2, 0.25) is 0 Å². The van der Waals surface area contributed by atoms with Gasteiger partial charge in [-0.3, -0.25) is 47.5 Å². The van der Waals surface area contributed by atoms with E-state index in [1.54, 1.807) is 91.9 Å². The van der Waals surface area contributed by atoms with Gasteiger partial charge in [-0.25, -0.2) is 0 Å². The van der Waals surface area contributed by atoms with Crippen molar-refractivity contribution in [3.63, 3.8) is 0 Å². The molecule has 8 unspecified atom stereocenters. The molecule has 0 heterocycles. The lowest BCUT2D eigenvalue weighted by atomic mass is 10.0. The Hall–Kier alpha value is -12.1. The van der Waals surface area contributed by atoms with Crippen molar-refractivity contribution in [2.24, 2.45) is 46.2 Å². The molecule has 38 heteroatoms. The number of hydrogen-bond acceptors (Lipinski definition) is 30. The van der Waals surface area contributed by atoms with Crippen LogP contribution in [0.25, 0.3) is 0 Å². The number of carbonyl (C=O) groups is 8. The van der Waals surface area contributed by atoms with Crippen molar-refractivity contribution in [3.8, 4) is 23.0 Å². The van der Waals surface area contributed by atoms with E-state index in [4.69, 9.17) is 81.4 Å². The van der Waals surface area contributed by atoms with Crippen LogP contribution in [0.3, 0.4) is 0 Å². The molecule has 0 radical (unpaired) electrons. The van der Waals surface area contributed by atoms with E-state index in [0.29, 0.717) is 32.1 Å². The van der Waals surface area contributed by atoms with Crippen molar-refractivity contribution >= 4 is 118 Å². The van der Waals surface area contributed by atoms with Gasteiger partial charge in [-0.1, -0.05) is 234 Å². The largest absolute Gasteiger partial charge is 0.508 e. The van der Waals surface area contributed by atoms with Gasteiger partial charge in [0.15, 0.2) is 0 Å². The van der Waals surface area contributed by atoms with Gasteiger partial charge in [0.05, 0.1) is 21.6 Å². The van der Waals surface area contributed by atoms with Gasteiger partial charge in [-0.2, -0.15) is 16.8 Å². The third-order valence-electron chi connectivity index (χ3n) is 18.5. The van der Waals surface area contributed by atoms with Crippen LogP contribution in [-0.2, 0) is 148 Å². The van der Waals surface area contributed by atoms with Gasteiger partial charge in [-0.15, -0.1) is 49.6 Å². The van der Waals surface area contributed by atoms with Crippen molar-refractivity contribution in [2.45, 2.75) is 140 Å². The Morgan fingerprint density at radius 2 is 0.390 bits per heavy atom. The number of ether oxygens (including phenoxy) is 8. The first-order valence-electron chi connectivity index (χ1n) is 41.0. The summed E-state index contributed by atoms with van der Waals surface area (Å²) in [5.41, 5.74) is 44.0. The van der Waals surface area contributed by atoms with Crippen molar-refractivity contribution in [3.05, 3.63) is 323 Å². The van der Waals surface area contributed by atoms with Crippen LogP contribution >= 0.6 is 49.6 Å². The van der Waals surface area contributed by atoms with Crippen LogP contribution in [0.5, 0.6) is 23.0 Å². The minimum atomic E-state index is -4.02. The number of benzene rings is 10. The molecule has 18 N–H and O–H groups in total. The number of hydrogen-bond donors (Lipinski definition) is 12. The minimum absolute atomic E-state index is 0. The SMILES string of the molecule is C.C.CC(Cc1ccc(O)cc1)C(=O)OCCOC(=O)C(N)Cc1ccc(O)cc1.CC(Cc1ccccc1)C(=O)OCCOC(=O)C(N)Cc1ccccc1.Cc1ccc(S(=O)(=O)O)cc1.Cc1ccc(S(=O)(=O)O)cc1.Cl.Cl.Cl.Cl.NC(Cc1ccc(O)cc1)C(=O)OCCOC(=O)C(N)Cc1ccc(O)cc1.NC(Cc1ccccc1)C(=O)OCCOC(=O)C(N)Cc1ccccc1. The first-order chi connectivity index (χ1) is 61.8. The second-order valence-corrected chi connectivity index (χ2v) is 32.4. The van der Waals surface area contributed by atoms with Gasteiger partial charge in [0.2, 0.25) is 0 Å². The summed E-state index contributed by atoms with van der Waals surface area (Å²) in [6, 6.07) is 71.0. The Labute approximate surface area is 819 Å². The maximum atomic E-state index is 12.0. The Morgan fingerprint density at radius 3 is 0.559 bits per heavy atom. The topological polar surface area (TPSA) is 556 Å². The number of phenols is 4. The van der Waals surface area contributed by atoms with E-state index in [1.165, 1.54) is 60.7 Å². The van der Waals surface area contributed by atoms with Crippen LogP contribution in [-0.4, -0.2) is 183 Å². The van der Waals surface area contributed by atoms with E-state index in [0.717, 1.165) is 55.6 Å². The van der Waals surface area contributed by atoms with Gasteiger partial charge in [0, 0.05) is 0 Å². The van der Waals surface area contributed by atoms with Crippen molar-refractivity contribution in [1.29, 1.82) is 0 Å². The van der Waals surface area contributed by atoms with Crippen LogP contribution in [0, 0.1) is 25.7 Å². The number of esters is 8. The monoisotopic (exact) mass is 2010 g/mol. The van der Waals surface area contributed by atoms with E-state index in [9.17, 15) is 75.6 Å². The predicted octanol–water partition coefficient (Wildman–Crippen LogP) is 11.7. The second-order valence-electron chi connectivity index (χ2n) is 29.6. The summed E-state index contributed by atoms with van der Waals surface area (Å²) in [6.07, 6.45) is 3.09. The molecule has 0 amide bonds. The van der Waals surface area contributed by atoms with Gasteiger partial charge in [-0.05, 0) is 183 Å². The average molecular weight is 2010 g/mol. The summed E-state index contributed by atoms with van der Waals surface area (Å²) in [5, 5.41) is 37.0. The van der Waals surface area contributed by atoms with E-state index in [-0.39, 0.29) is 187 Å². The molecule has 0 saturated carbocycles. The molecule has 744 valence electrons. The lowest BCUT2D eigenvalue weighted by molar-refractivity contribution is -0.155. The van der Waals surface area contributed by atoms with E-state index in [1.807, 2.05) is 142 Å². The van der Waals surface area contributed by atoms with Crippen molar-refractivity contribution < 1.29 is 123 Å². The predicted molar refractivity (Wildman–Crippen MR) is 526 cm³/mol. The maximum Gasteiger partial charge on any atom is 0.323 e. The first kappa shape index (κ1) is 126. The normalized spacial score (nSPS) is 12.0. The molecule has 0 aliphatic heterocycles. The second kappa shape index (κ2) is 68.0. The first-order valence-corrected chi connectivity index (χ1v) is 43.9.